The van der Waals surface area contributed by atoms with Crippen molar-refractivity contribution in [2.75, 3.05) is 5.43 Å². The number of anilines is 1. The van der Waals surface area contributed by atoms with Crippen molar-refractivity contribution in [1.29, 1.82) is 0 Å². The Hall–Kier alpha value is -4.24. The summed E-state index contributed by atoms with van der Waals surface area (Å²) in [6.45, 7) is 0. The van der Waals surface area contributed by atoms with E-state index in [0.717, 1.165) is 22.0 Å². The second kappa shape index (κ2) is 7.88. The Bertz CT molecular complexity index is 1400. The Morgan fingerprint density at radius 1 is 1.10 bits per heavy atom. The van der Waals surface area contributed by atoms with Gasteiger partial charge in [0.25, 0.3) is 5.69 Å². The van der Waals surface area contributed by atoms with Crippen molar-refractivity contribution in [3.8, 4) is 22.8 Å². The number of nitro benzene ring substituents is 1. The minimum Gasteiger partial charge on any atom is -0.454 e. The number of aromatic nitrogens is 2. The molecule has 0 spiro atoms. The maximum absolute atomic E-state index is 10.8. The zero-order valence-electron chi connectivity index (χ0n) is 16.0. The van der Waals surface area contributed by atoms with Gasteiger partial charge in [-0.05, 0) is 30.3 Å². The molecule has 0 amide bonds. The topological polar surface area (TPSA) is 109 Å². The molecule has 2 N–H and O–H groups in total. The molecule has 31 heavy (non-hydrogen) atoms. The average molecular weight is 429 g/mol. The summed E-state index contributed by atoms with van der Waals surface area (Å²) in [4.78, 5) is 18.1. The number of para-hydroxylation sites is 1. The number of rotatable bonds is 6. The lowest BCUT2D eigenvalue weighted by atomic mass is 10.1. The lowest BCUT2D eigenvalue weighted by Crippen LogP contribution is -1.89. The van der Waals surface area contributed by atoms with Crippen LogP contribution in [0.15, 0.2) is 81.8 Å². The van der Waals surface area contributed by atoms with Crippen molar-refractivity contribution in [2.45, 2.75) is 0 Å². The fourth-order valence-electron chi connectivity index (χ4n) is 3.17. The van der Waals surface area contributed by atoms with Crippen LogP contribution in [-0.4, -0.2) is 21.1 Å². The van der Waals surface area contributed by atoms with Crippen molar-refractivity contribution in [1.82, 2.24) is 9.97 Å². The first-order valence-corrected chi connectivity index (χ1v) is 10.2. The molecule has 0 atom stereocenters. The maximum atomic E-state index is 10.8. The molecule has 5 aromatic rings. The molecule has 0 bridgehead atoms. The van der Waals surface area contributed by atoms with Crippen molar-refractivity contribution in [2.24, 2.45) is 5.10 Å². The number of fused-ring (bicyclic) bond motifs is 1. The van der Waals surface area contributed by atoms with Crippen LogP contribution in [0.5, 0.6) is 0 Å². The molecule has 3 heterocycles. The number of furan rings is 1. The Balaban J connectivity index is 1.29. The maximum Gasteiger partial charge on any atom is 0.269 e. The molecular formula is C22H15N5O3S. The molecule has 8 nitrogen and oxygen atoms in total. The van der Waals surface area contributed by atoms with Crippen molar-refractivity contribution >= 4 is 39.3 Å². The van der Waals surface area contributed by atoms with Crippen LogP contribution in [-0.2, 0) is 0 Å². The van der Waals surface area contributed by atoms with E-state index in [1.807, 2.05) is 48.0 Å². The van der Waals surface area contributed by atoms with E-state index < -0.39 is 4.92 Å². The van der Waals surface area contributed by atoms with Crippen LogP contribution in [0.25, 0.3) is 33.7 Å². The third kappa shape index (κ3) is 3.81. The SMILES string of the molecule is O=[N+]([O-])c1ccc(-c2ccc(-c3csc(N/N=C/c4c[nH]c5ccccc45)n3)o2)cc1. The van der Waals surface area contributed by atoms with Gasteiger partial charge in [-0.2, -0.15) is 5.10 Å². The van der Waals surface area contributed by atoms with Crippen LogP contribution in [0, 0.1) is 10.1 Å². The lowest BCUT2D eigenvalue weighted by molar-refractivity contribution is -0.384. The number of hydrazone groups is 1. The smallest absolute Gasteiger partial charge is 0.269 e. The molecule has 0 fully saturated rings. The molecule has 9 heteroatoms. The predicted molar refractivity (Wildman–Crippen MR) is 121 cm³/mol. The highest BCUT2D eigenvalue weighted by Crippen LogP contribution is 2.31. The zero-order chi connectivity index (χ0) is 21.2. The molecule has 0 saturated heterocycles. The van der Waals surface area contributed by atoms with Crippen LogP contribution in [0.1, 0.15) is 5.56 Å². The first-order chi connectivity index (χ1) is 15.2. The van der Waals surface area contributed by atoms with Gasteiger partial charge in [0.15, 0.2) is 5.76 Å². The molecule has 0 radical (unpaired) electrons. The summed E-state index contributed by atoms with van der Waals surface area (Å²) in [5, 5.41) is 18.7. The number of nitrogens with one attached hydrogen (secondary N) is 2. The molecule has 2 aromatic carbocycles. The molecular weight excluding hydrogens is 414 g/mol. The highest BCUT2D eigenvalue weighted by Gasteiger charge is 2.12. The lowest BCUT2D eigenvalue weighted by Gasteiger charge is -1.97. The second-order valence-corrected chi connectivity index (χ2v) is 7.52. The number of aromatic amines is 1. The van der Waals surface area contributed by atoms with Gasteiger partial charge in [0.2, 0.25) is 5.13 Å². The molecule has 152 valence electrons. The zero-order valence-corrected chi connectivity index (χ0v) is 16.8. The third-order valence-electron chi connectivity index (χ3n) is 4.71. The largest absolute Gasteiger partial charge is 0.454 e. The molecule has 0 aliphatic carbocycles. The monoisotopic (exact) mass is 429 g/mol. The summed E-state index contributed by atoms with van der Waals surface area (Å²) in [6, 6.07) is 17.9. The van der Waals surface area contributed by atoms with E-state index >= 15 is 0 Å². The van der Waals surface area contributed by atoms with Crippen molar-refractivity contribution < 1.29 is 9.34 Å². The summed E-state index contributed by atoms with van der Waals surface area (Å²) in [5.41, 5.74) is 6.48. The van der Waals surface area contributed by atoms with Crippen LogP contribution in [0.4, 0.5) is 10.8 Å². The molecule has 5 rings (SSSR count). The fraction of sp³-hybridized carbons (Fsp3) is 0. The average Bonchev–Trinajstić information content (AvgIpc) is 3.54. The first kappa shape index (κ1) is 18.8. The summed E-state index contributed by atoms with van der Waals surface area (Å²) < 4.78 is 5.88. The minimum absolute atomic E-state index is 0.0407. The molecule has 0 aliphatic rings. The molecule has 3 aromatic heterocycles. The van der Waals surface area contributed by atoms with Gasteiger partial charge in [-0.25, -0.2) is 4.98 Å². The number of hydrogen-bond acceptors (Lipinski definition) is 7. The van der Waals surface area contributed by atoms with Gasteiger partial charge in [-0.15, -0.1) is 11.3 Å². The van der Waals surface area contributed by atoms with Gasteiger partial charge in [-0.1, -0.05) is 18.2 Å². The van der Waals surface area contributed by atoms with Crippen LogP contribution >= 0.6 is 11.3 Å². The summed E-state index contributed by atoms with van der Waals surface area (Å²) >= 11 is 1.42. The van der Waals surface area contributed by atoms with E-state index in [1.165, 1.54) is 23.5 Å². The minimum atomic E-state index is -0.428. The van der Waals surface area contributed by atoms with E-state index in [0.29, 0.717) is 22.3 Å². The number of nitro groups is 1. The summed E-state index contributed by atoms with van der Waals surface area (Å²) in [6.07, 6.45) is 3.66. The Morgan fingerprint density at radius 3 is 2.74 bits per heavy atom. The van der Waals surface area contributed by atoms with Crippen molar-refractivity contribution in [3.05, 3.63) is 87.9 Å². The highest BCUT2D eigenvalue weighted by atomic mass is 32.1. The first-order valence-electron chi connectivity index (χ1n) is 9.33. The van der Waals surface area contributed by atoms with E-state index in [1.54, 1.807) is 18.3 Å². The summed E-state index contributed by atoms with van der Waals surface area (Å²) in [7, 11) is 0. The quantitative estimate of drug-likeness (QED) is 0.198. The van der Waals surface area contributed by atoms with Gasteiger partial charge < -0.3 is 9.40 Å². The van der Waals surface area contributed by atoms with E-state index in [-0.39, 0.29) is 5.69 Å². The van der Waals surface area contributed by atoms with Gasteiger partial charge in [-0.3, -0.25) is 15.5 Å². The van der Waals surface area contributed by atoms with Gasteiger partial charge in [0, 0.05) is 45.7 Å². The molecule has 0 saturated carbocycles. The normalized spacial score (nSPS) is 11.4. The van der Waals surface area contributed by atoms with E-state index in [2.05, 4.69) is 20.5 Å². The molecule has 0 unspecified atom stereocenters. The Labute approximate surface area is 180 Å². The van der Waals surface area contributed by atoms with E-state index in [9.17, 15) is 10.1 Å². The van der Waals surface area contributed by atoms with E-state index in [4.69, 9.17) is 4.42 Å². The number of non-ortho nitro benzene ring substituents is 1. The standard InChI is InChI=1S/C22H15N5O3S/c28-27(29)16-7-5-14(6-8-16)20-9-10-21(30-20)19-13-31-22(25-19)26-24-12-15-11-23-18-4-2-1-3-17(15)18/h1-13,23H,(H,25,26)/b24-12+. The summed E-state index contributed by atoms with van der Waals surface area (Å²) in [5.74, 6) is 1.23. The number of nitrogens with zero attached hydrogens (tertiary/aromatic N) is 3. The van der Waals surface area contributed by atoms with Crippen molar-refractivity contribution in [3.63, 3.8) is 0 Å². The van der Waals surface area contributed by atoms with Gasteiger partial charge in [0.05, 0.1) is 11.1 Å². The van der Waals surface area contributed by atoms with Gasteiger partial charge >= 0.3 is 0 Å². The third-order valence-corrected chi connectivity index (χ3v) is 5.46. The van der Waals surface area contributed by atoms with Crippen LogP contribution in [0.2, 0.25) is 0 Å². The second-order valence-electron chi connectivity index (χ2n) is 6.67. The van der Waals surface area contributed by atoms with Crippen LogP contribution < -0.4 is 5.43 Å². The Morgan fingerprint density at radius 2 is 1.90 bits per heavy atom. The number of hydrogen-bond donors (Lipinski definition) is 2. The number of thiazole rings is 1. The molecule has 0 aliphatic heterocycles. The predicted octanol–water partition coefficient (Wildman–Crippen LogP) is 5.91. The van der Waals surface area contributed by atoms with Gasteiger partial charge in [0.1, 0.15) is 11.5 Å². The number of H-pyrrole nitrogens is 1. The van der Waals surface area contributed by atoms with Crippen LogP contribution in [0.3, 0.4) is 0 Å². The highest BCUT2D eigenvalue weighted by molar-refractivity contribution is 7.14. The fourth-order valence-corrected chi connectivity index (χ4v) is 3.82. The Kier molecular flexibility index (Phi) is 4.77. The number of benzene rings is 2.